The Balaban J connectivity index is 2.32. The third-order valence-corrected chi connectivity index (χ3v) is 2.87. The summed E-state index contributed by atoms with van der Waals surface area (Å²) in [5.74, 6) is -1.11. The van der Waals surface area contributed by atoms with Crippen LogP contribution in [0, 0.1) is 5.82 Å². The number of carbonyl (C=O) groups is 1. The standard InChI is InChI=1S/C14H15FO2/c1-2-17-14(16)12-9-11(7-8-13(12)15)10-5-3-4-6-10/h5,7-9H,2-4,6H2,1H3. The van der Waals surface area contributed by atoms with Crippen molar-refractivity contribution in [2.75, 3.05) is 6.61 Å². The van der Waals surface area contributed by atoms with Crippen LogP contribution in [0.2, 0.25) is 0 Å². The van der Waals surface area contributed by atoms with Gasteiger partial charge in [0.15, 0.2) is 0 Å². The topological polar surface area (TPSA) is 26.3 Å². The van der Waals surface area contributed by atoms with Crippen LogP contribution in [0.1, 0.15) is 42.1 Å². The van der Waals surface area contributed by atoms with Crippen molar-refractivity contribution in [1.29, 1.82) is 0 Å². The second kappa shape index (κ2) is 5.13. The molecule has 0 unspecified atom stereocenters. The number of ether oxygens (including phenoxy) is 1. The minimum absolute atomic E-state index is 0.0251. The predicted octanol–water partition coefficient (Wildman–Crippen LogP) is 3.57. The van der Waals surface area contributed by atoms with Gasteiger partial charge in [-0.1, -0.05) is 12.1 Å². The molecule has 1 aromatic carbocycles. The Bertz CT molecular complexity index is 463. The molecule has 0 saturated carbocycles. The van der Waals surface area contributed by atoms with Gasteiger partial charge in [-0.25, -0.2) is 9.18 Å². The molecular formula is C14H15FO2. The molecule has 1 aliphatic carbocycles. The summed E-state index contributed by atoms with van der Waals surface area (Å²) in [6, 6.07) is 4.64. The van der Waals surface area contributed by atoms with Gasteiger partial charge in [0.2, 0.25) is 0 Å². The van der Waals surface area contributed by atoms with Gasteiger partial charge in [0.1, 0.15) is 5.82 Å². The van der Waals surface area contributed by atoms with Gasteiger partial charge in [-0.3, -0.25) is 0 Å². The molecule has 90 valence electrons. The molecule has 1 aromatic rings. The summed E-state index contributed by atoms with van der Waals surface area (Å²) in [5, 5.41) is 0. The number of hydrogen-bond acceptors (Lipinski definition) is 2. The van der Waals surface area contributed by atoms with E-state index in [-0.39, 0.29) is 12.2 Å². The molecular weight excluding hydrogens is 219 g/mol. The first kappa shape index (κ1) is 11.8. The van der Waals surface area contributed by atoms with Crippen LogP contribution in [0.4, 0.5) is 4.39 Å². The van der Waals surface area contributed by atoms with Crippen molar-refractivity contribution in [1.82, 2.24) is 0 Å². The van der Waals surface area contributed by atoms with Gasteiger partial charge in [0.05, 0.1) is 12.2 Å². The van der Waals surface area contributed by atoms with Crippen LogP contribution in [0.3, 0.4) is 0 Å². The molecule has 0 amide bonds. The zero-order valence-corrected chi connectivity index (χ0v) is 9.83. The van der Waals surface area contributed by atoms with Crippen molar-refractivity contribution in [2.24, 2.45) is 0 Å². The van der Waals surface area contributed by atoms with E-state index in [9.17, 15) is 9.18 Å². The minimum Gasteiger partial charge on any atom is -0.462 e. The van der Waals surface area contributed by atoms with Crippen LogP contribution >= 0.6 is 0 Å². The van der Waals surface area contributed by atoms with Crippen molar-refractivity contribution >= 4 is 11.5 Å². The predicted molar refractivity (Wildman–Crippen MR) is 64.2 cm³/mol. The number of allylic oxidation sites excluding steroid dienone is 2. The van der Waals surface area contributed by atoms with Gasteiger partial charge in [0.25, 0.3) is 0 Å². The van der Waals surface area contributed by atoms with Crippen molar-refractivity contribution in [3.63, 3.8) is 0 Å². The van der Waals surface area contributed by atoms with E-state index >= 15 is 0 Å². The summed E-state index contributed by atoms with van der Waals surface area (Å²) in [7, 11) is 0. The number of benzene rings is 1. The highest BCUT2D eigenvalue weighted by Crippen LogP contribution is 2.28. The largest absolute Gasteiger partial charge is 0.462 e. The third kappa shape index (κ3) is 2.54. The molecule has 3 heteroatoms. The summed E-state index contributed by atoms with van der Waals surface area (Å²) in [6.07, 6.45) is 5.32. The molecule has 0 atom stereocenters. The summed E-state index contributed by atoms with van der Waals surface area (Å²) in [4.78, 5) is 11.6. The lowest BCUT2D eigenvalue weighted by Gasteiger charge is -2.07. The van der Waals surface area contributed by atoms with E-state index in [2.05, 4.69) is 6.08 Å². The Morgan fingerprint density at radius 1 is 1.47 bits per heavy atom. The van der Waals surface area contributed by atoms with Gasteiger partial charge in [-0.2, -0.15) is 0 Å². The molecule has 0 radical (unpaired) electrons. The first-order valence-corrected chi connectivity index (χ1v) is 5.88. The molecule has 2 nitrogen and oxygen atoms in total. The number of halogens is 1. The van der Waals surface area contributed by atoms with Crippen LogP contribution in [-0.2, 0) is 4.74 Å². The Labute approximate surface area is 100 Å². The molecule has 0 heterocycles. The maximum absolute atomic E-state index is 13.5. The fraction of sp³-hybridized carbons (Fsp3) is 0.357. The zero-order valence-electron chi connectivity index (χ0n) is 9.83. The molecule has 0 spiro atoms. The molecule has 0 fully saturated rings. The van der Waals surface area contributed by atoms with E-state index in [0.717, 1.165) is 24.8 Å². The number of rotatable bonds is 3. The van der Waals surface area contributed by atoms with Crippen LogP contribution in [-0.4, -0.2) is 12.6 Å². The molecule has 1 aliphatic rings. The molecule has 2 rings (SSSR count). The van der Waals surface area contributed by atoms with Crippen molar-refractivity contribution in [2.45, 2.75) is 26.2 Å². The average Bonchev–Trinajstić information content (AvgIpc) is 2.83. The lowest BCUT2D eigenvalue weighted by Crippen LogP contribution is -2.07. The molecule has 0 aromatic heterocycles. The third-order valence-electron chi connectivity index (χ3n) is 2.87. The maximum Gasteiger partial charge on any atom is 0.341 e. The Hall–Kier alpha value is -1.64. The molecule has 0 saturated heterocycles. The van der Waals surface area contributed by atoms with E-state index < -0.39 is 11.8 Å². The molecule has 0 bridgehead atoms. The van der Waals surface area contributed by atoms with E-state index in [0.29, 0.717) is 0 Å². The monoisotopic (exact) mass is 234 g/mol. The fourth-order valence-electron chi connectivity index (χ4n) is 2.02. The van der Waals surface area contributed by atoms with Crippen molar-refractivity contribution in [3.05, 3.63) is 41.2 Å². The zero-order chi connectivity index (χ0) is 12.3. The van der Waals surface area contributed by atoms with Crippen LogP contribution in [0.5, 0.6) is 0 Å². The van der Waals surface area contributed by atoms with Gasteiger partial charge in [-0.05, 0) is 49.5 Å². The molecule has 0 aliphatic heterocycles. The maximum atomic E-state index is 13.5. The highest BCUT2D eigenvalue weighted by Gasteiger charge is 2.15. The Morgan fingerprint density at radius 2 is 2.29 bits per heavy atom. The summed E-state index contributed by atoms with van der Waals surface area (Å²) in [6.45, 7) is 1.96. The first-order chi connectivity index (χ1) is 8.22. The van der Waals surface area contributed by atoms with Gasteiger partial charge >= 0.3 is 5.97 Å². The lowest BCUT2D eigenvalue weighted by molar-refractivity contribution is 0.0521. The van der Waals surface area contributed by atoms with Gasteiger partial charge < -0.3 is 4.74 Å². The van der Waals surface area contributed by atoms with E-state index in [4.69, 9.17) is 4.74 Å². The summed E-state index contributed by atoms with van der Waals surface area (Å²) >= 11 is 0. The van der Waals surface area contributed by atoms with Crippen molar-refractivity contribution in [3.8, 4) is 0 Å². The molecule has 17 heavy (non-hydrogen) atoms. The van der Waals surface area contributed by atoms with Crippen molar-refractivity contribution < 1.29 is 13.9 Å². The summed E-state index contributed by atoms with van der Waals surface area (Å²) < 4.78 is 18.3. The lowest BCUT2D eigenvalue weighted by atomic mass is 10.0. The average molecular weight is 234 g/mol. The summed E-state index contributed by atoms with van der Waals surface area (Å²) in [5.41, 5.74) is 2.14. The van der Waals surface area contributed by atoms with Crippen LogP contribution < -0.4 is 0 Å². The first-order valence-electron chi connectivity index (χ1n) is 5.88. The van der Waals surface area contributed by atoms with E-state index in [1.807, 2.05) is 0 Å². The fourth-order valence-corrected chi connectivity index (χ4v) is 2.02. The van der Waals surface area contributed by atoms with Crippen LogP contribution in [0.15, 0.2) is 24.3 Å². The second-order valence-electron chi connectivity index (χ2n) is 4.04. The normalized spacial score (nSPS) is 14.6. The Kier molecular flexibility index (Phi) is 3.57. The SMILES string of the molecule is CCOC(=O)c1cc(C2=CCCC2)ccc1F. The molecule has 0 N–H and O–H groups in total. The van der Waals surface area contributed by atoms with E-state index in [1.165, 1.54) is 11.6 Å². The number of hydrogen-bond donors (Lipinski definition) is 0. The van der Waals surface area contributed by atoms with Gasteiger partial charge in [0, 0.05) is 0 Å². The second-order valence-corrected chi connectivity index (χ2v) is 4.04. The highest BCUT2D eigenvalue weighted by atomic mass is 19.1. The Morgan fingerprint density at radius 3 is 2.94 bits per heavy atom. The van der Waals surface area contributed by atoms with E-state index in [1.54, 1.807) is 19.1 Å². The highest BCUT2D eigenvalue weighted by molar-refractivity contribution is 5.91. The number of esters is 1. The number of carbonyl (C=O) groups excluding carboxylic acids is 1. The van der Waals surface area contributed by atoms with Crippen LogP contribution in [0.25, 0.3) is 5.57 Å². The minimum atomic E-state index is -0.592. The van der Waals surface area contributed by atoms with Gasteiger partial charge in [-0.15, -0.1) is 0 Å². The smallest absolute Gasteiger partial charge is 0.341 e. The quantitative estimate of drug-likeness (QED) is 0.747.